The third-order valence-corrected chi connectivity index (χ3v) is 0. The largest absolute Gasteiger partial charge is 0.356 e. The number of nitrogens with two attached hydrogens (primary N) is 2. The Hall–Kier alpha value is -1.68. The first kappa shape index (κ1) is 15.8. The van der Waals surface area contributed by atoms with Crippen molar-refractivity contribution in [2.24, 2.45) is 11.7 Å². The van der Waals surface area contributed by atoms with Gasteiger partial charge in [0.15, 0.2) is 0 Å². The summed E-state index contributed by atoms with van der Waals surface area (Å²) in [4.78, 5) is 16.6. The van der Waals surface area contributed by atoms with E-state index in [2.05, 4.69) is 11.7 Å². The van der Waals surface area contributed by atoms with Crippen molar-refractivity contribution < 1.29 is 15.4 Å². The molecule has 0 fully saturated rings. The number of nitrogens with zero attached hydrogens (tertiary/aromatic N) is 2. The summed E-state index contributed by atoms with van der Waals surface area (Å²) in [6, 6.07) is 0. The van der Waals surface area contributed by atoms with Crippen LogP contribution in [0.3, 0.4) is 0 Å². The minimum absolute atomic E-state index is 1.50. The van der Waals surface area contributed by atoms with Crippen molar-refractivity contribution in [2.75, 3.05) is 0 Å². The molecule has 0 aromatic rings. The van der Waals surface area contributed by atoms with Crippen molar-refractivity contribution >= 4 is 0 Å². The van der Waals surface area contributed by atoms with E-state index in [0.29, 0.717) is 0 Å². The second-order valence-electron chi connectivity index (χ2n) is 0.461. The summed E-state index contributed by atoms with van der Waals surface area (Å²) in [5, 5.41) is 28.4. The number of hydrogen-bond donors (Lipinski definition) is 3. The maximum absolute atomic E-state index is 8.36. The quantitative estimate of drug-likeness (QED) is 0.209. The van der Waals surface area contributed by atoms with Gasteiger partial charge in [-0.3, -0.25) is 11.7 Å². The van der Waals surface area contributed by atoms with Gasteiger partial charge in [0.05, 0.1) is 5.09 Å². The summed E-state index contributed by atoms with van der Waals surface area (Å²) in [5.74, 6) is 8.00. The van der Waals surface area contributed by atoms with E-state index >= 15 is 0 Å². The van der Waals surface area contributed by atoms with Gasteiger partial charge in [-0.15, -0.1) is 10.1 Å². The van der Waals surface area contributed by atoms with Crippen LogP contribution in [0.15, 0.2) is 0 Å². The highest BCUT2D eigenvalue weighted by atomic mass is 16.9. The van der Waals surface area contributed by atoms with E-state index in [1.54, 1.807) is 0 Å². The molecule has 0 amide bonds. The van der Waals surface area contributed by atoms with Crippen molar-refractivity contribution in [3.05, 3.63) is 25.4 Å². The Morgan fingerprint density at radius 2 is 1.10 bits per heavy atom. The zero-order valence-electron chi connectivity index (χ0n) is 4.54. The molecule has 0 aromatic heterocycles. The highest BCUT2D eigenvalue weighted by molar-refractivity contribution is 4.03. The Labute approximate surface area is 53.8 Å². The number of hydrogen-bond acceptors (Lipinski definition) is 7. The Morgan fingerprint density at radius 1 is 1.10 bits per heavy atom. The molecule has 0 aromatic carbocycles. The van der Waals surface area contributed by atoms with Crippen LogP contribution < -0.4 is 11.7 Å². The van der Waals surface area contributed by atoms with Crippen LogP contribution in [0, 0.1) is 25.4 Å². The molecule has 10 heteroatoms. The monoisotopic (exact) mass is 157 g/mol. The molecule has 0 bridgehead atoms. The molecule has 5 N–H and O–H groups in total. The molecule has 0 aliphatic rings. The summed E-state index contributed by atoms with van der Waals surface area (Å²) in [6.07, 6.45) is 0. The van der Waals surface area contributed by atoms with Crippen LogP contribution in [-0.2, 0) is 0 Å². The van der Waals surface area contributed by atoms with Gasteiger partial charge in [0, 0.05) is 0 Å². The van der Waals surface area contributed by atoms with Crippen molar-refractivity contribution in [1.82, 2.24) is 0 Å². The highest BCUT2D eigenvalue weighted by Crippen LogP contribution is 1.44. The molecule has 0 saturated carbocycles. The molecule has 10 heavy (non-hydrogen) atoms. The normalized spacial score (nSPS) is 5.40. The average molecular weight is 157 g/mol. The van der Waals surface area contributed by atoms with Gasteiger partial charge in [0.25, 0.3) is 5.09 Å². The third-order valence-electron chi connectivity index (χ3n) is 0. The van der Waals surface area contributed by atoms with E-state index in [0.717, 1.165) is 0 Å². The third kappa shape index (κ3) is 63.4. The minimum Gasteiger partial charge on any atom is -0.356 e. The highest BCUT2D eigenvalue weighted by Gasteiger charge is 1.65. The maximum atomic E-state index is 8.36. The second-order valence-corrected chi connectivity index (χ2v) is 0.461. The Bertz CT molecular complexity index is 67.7. The lowest BCUT2D eigenvalue weighted by Crippen LogP contribution is -2.02. The number of hydrazine groups is 1. The van der Waals surface area contributed by atoms with Gasteiger partial charge in [0.1, 0.15) is 0 Å². The Balaban J connectivity index is -0.0000000787. The lowest BCUT2D eigenvalue weighted by molar-refractivity contribution is -0.742. The van der Waals surface area contributed by atoms with Gasteiger partial charge >= 0.3 is 0 Å². The molecule has 62 valence electrons. The van der Waals surface area contributed by atoms with E-state index in [1.165, 1.54) is 0 Å². The predicted octanol–water partition coefficient (Wildman–Crippen LogP) is -1.77. The molecule has 0 heterocycles. The molecule has 0 aliphatic carbocycles. The molecule has 0 radical (unpaired) electrons. The molecule has 0 atom stereocenters. The van der Waals surface area contributed by atoms with Crippen molar-refractivity contribution in [3.8, 4) is 0 Å². The van der Waals surface area contributed by atoms with Crippen LogP contribution >= 0.6 is 0 Å². The van der Waals surface area contributed by atoms with Gasteiger partial charge in [-0.1, -0.05) is 0 Å². The van der Waals surface area contributed by atoms with E-state index in [4.69, 9.17) is 30.6 Å². The summed E-state index contributed by atoms with van der Waals surface area (Å²) < 4.78 is 0. The maximum Gasteiger partial charge on any atom is 0.291 e. The van der Waals surface area contributed by atoms with E-state index in [9.17, 15) is 0 Å². The van der Waals surface area contributed by atoms with Gasteiger partial charge in [-0.25, -0.2) is 0 Å². The first-order chi connectivity index (χ1) is 4.46. The zero-order chi connectivity index (χ0) is 9.15. The molecule has 10 nitrogen and oxygen atoms in total. The molecule has 0 spiro atoms. The lowest BCUT2D eigenvalue weighted by Gasteiger charge is -1.74. The van der Waals surface area contributed by atoms with Crippen LogP contribution in [0.5, 0.6) is 0 Å². The second kappa shape index (κ2) is 15.7. The summed E-state index contributed by atoms with van der Waals surface area (Å²) in [5.41, 5.74) is 0. The van der Waals surface area contributed by atoms with Crippen molar-refractivity contribution in [3.63, 3.8) is 0 Å². The van der Waals surface area contributed by atoms with Crippen LogP contribution in [0.25, 0.3) is 0 Å². The first-order valence-electron chi connectivity index (χ1n) is 1.45. The van der Waals surface area contributed by atoms with Crippen molar-refractivity contribution in [2.45, 2.75) is 0 Å². The van der Waals surface area contributed by atoms with Gasteiger partial charge in [0.2, 0.25) is 0 Å². The fourth-order valence-corrected chi connectivity index (χ4v) is 0. The number of rotatable bonds is 0. The minimum atomic E-state index is -1.75. The standard InChI is InChI=1S/H4N2.HNO3.NO3/c1-2;2*2-1(3)4/h1-2H2;(H,2,3,4);/q;;-1. The molecule has 0 aliphatic heterocycles. The van der Waals surface area contributed by atoms with Crippen LogP contribution in [0.2, 0.25) is 0 Å². The molecule has 0 unspecified atom stereocenters. The smallest absolute Gasteiger partial charge is 0.291 e. The summed E-state index contributed by atoms with van der Waals surface area (Å²) >= 11 is 0. The van der Waals surface area contributed by atoms with Gasteiger partial charge in [-0.2, -0.15) is 0 Å². The molecular formula is H5N4O6-. The van der Waals surface area contributed by atoms with E-state index < -0.39 is 10.2 Å². The van der Waals surface area contributed by atoms with E-state index in [1.807, 2.05) is 0 Å². The predicted molar refractivity (Wildman–Crippen MR) is 27.5 cm³/mol. The van der Waals surface area contributed by atoms with Crippen LogP contribution in [-0.4, -0.2) is 15.4 Å². The SMILES string of the molecule is NN.O=[N+]([O-])O.O=[N+]([O-])[O-]. The van der Waals surface area contributed by atoms with Crippen LogP contribution in [0.1, 0.15) is 0 Å². The first-order valence-corrected chi connectivity index (χ1v) is 1.45. The Kier molecular flexibility index (Phi) is 24.7. The van der Waals surface area contributed by atoms with Gasteiger partial charge < -0.3 is 20.5 Å². The molecule has 0 saturated heterocycles. The average Bonchev–Trinajstić information content (AvgIpc) is 1.66. The zero-order valence-corrected chi connectivity index (χ0v) is 4.54. The topological polar surface area (TPSA) is 182 Å². The van der Waals surface area contributed by atoms with Gasteiger partial charge in [-0.05, 0) is 0 Å². The lowest BCUT2D eigenvalue weighted by atomic mass is 13.0. The summed E-state index contributed by atoms with van der Waals surface area (Å²) in [6.45, 7) is 0. The molecular weight excluding hydrogens is 152 g/mol. The van der Waals surface area contributed by atoms with E-state index in [-0.39, 0.29) is 0 Å². The Morgan fingerprint density at radius 3 is 1.10 bits per heavy atom. The fraction of sp³-hybridized carbons (Fsp3) is 0. The van der Waals surface area contributed by atoms with Crippen LogP contribution in [0.4, 0.5) is 0 Å². The molecule has 0 rings (SSSR count). The fourth-order valence-electron chi connectivity index (χ4n) is 0. The van der Waals surface area contributed by atoms with Crippen molar-refractivity contribution in [1.29, 1.82) is 0 Å². The summed E-state index contributed by atoms with van der Waals surface area (Å²) in [7, 11) is 0.